The Hall–Kier alpha value is -2.43. The Bertz CT molecular complexity index is 1110. The van der Waals surface area contributed by atoms with Crippen LogP contribution in [0.5, 0.6) is 5.75 Å². The summed E-state index contributed by atoms with van der Waals surface area (Å²) in [5.41, 5.74) is 0. The summed E-state index contributed by atoms with van der Waals surface area (Å²) in [5, 5.41) is 3.60. The number of sulfonamides is 1. The molecular formula is C27H40N6O3S. The van der Waals surface area contributed by atoms with Gasteiger partial charge >= 0.3 is 0 Å². The van der Waals surface area contributed by atoms with E-state index in [4.69, 9.17) is 9.72 Å². The zero-order valence-electron chi connectivity index (χ0n) is 21.9. The molecule has 1 aromatic heterocycles. The fourth-order valence-electron chi connectivity index (χ4n) is 5.88. The average Bonchev–Trinajstić information content (AvgIpc) is 3.23. The summed E-state index contributed by atoms with van der Waals surface area (Å²) >= 11 is 0. The summed E-state index contributed by atoms with van der Waals surface area (Å²) in [5.74, 6) is 2.40. The van der Waals surface area contributed by atoms with Crippen molar-refractivity contribution in [1.29, 1.82) is 0 Å². The van der Waals surface area contributed by atoms with Crippen LogP contribution in [0.4, 0.5) is 11.8 Å². The van der Waals surface area contributed by atoms with Crippen LogP contribution >= 0.6 is 0 Å². The van der Waals surface area contributed by atoms with E-state index in [0.29, 0.717) is 41.8 Å². The third-order valence-corrected chi connectivity index (χ3v) is 9.91. The largest absolute Gasteiger partial charge is 0.497 e. The molecule has 1 unspecified atom stereocenters. The Morgan fingerprint density at radius 3 is 2.32 bits per heavy atom. The lowest BCUT2D eigenvalue weighted by atomic mass is 9.99. The molecule has 3 fully saturated rings. The molecule has 0 bridgehead atoms. The van der Waals surface area contributed by atoms with Crippen molar-refractivity contribution in [3.05, 3.63) is 36.5 Å². The standard InChI is InChI=1S/C27H40N6O3S/c1-36-24-8-10-25(11-9-24)37(34,35)33-19-13-23(14-20-33)32-18-6-7-22(21-32)29-27-28-15-12-26(30-27)31-16-4-2-3-5-17-31/h8-12,15,22-23H,2-7,13-14,16-21H2,1H3,(H,28,29,30). The molecule has 3 saturated heterocycles. The van der Waals surface area contributed by atoms with Crippen molar-refractivity contribution in [3.8, 4) is 5.75 Å². The minimum absolute atomic E-state index is 0.300. The summed E-state index contributed by atoms with van der Waals surface area (Å²) < 4.78 is 33.1. The average molecular weight is 529 g/mol. The Labute approximate surface area is 221 Å². The number of rotatable bonds is 7. The molecule has 5 rings (SSSR count). The summed E-state index contributed by atoms with van der Waals surface area (Å²) in [6.07, 6.45) is 10.8. The van der Waals surface area contributed by atoms with Crippen LogP contribution in [0.15, 0.2) is 41.4 Å². The highest BCUT2D eigenvalue weighted by atomic mass is 32.2. The third kappa shape index (κ3) is 6.35. The summed E-state index contributed by atoms with van der Waals surface area (Å²) in [7, 11) is -1.90. The zero-order chi connectivity index (χ0) is 25.7. The van der Waals surface area contributed by atoms with E-state index in [1.54, 1.807) is 35.7 Å². The minimum Gasteiger partial charge on any atom is -0.497 e. The highest BCUT2D eigenvalue weighted by Crippen LogP contribution is 2.27. The molecule has 0 aliphatic carbocycles. The smallest absolute Gasteiger partial charge is 0.243 e. The first kappa shape index (κ1) is 26.2. The number of hydrogen-bond donors (Lipinski definition) is 1. The van der Waals surface area contributed by atoms with Crippen LogP contribution < -0.4 is 15.0 Å². The fourth-order valence-corrected chi connectivity index (χ4v) is 7.35. The van der Waals surface area contributed by atoms with Crippen molar-refractivity contribution in [1.82, 2.24) is 19.2 Å². The number of methoxy groups -OCH3 is 1. The molecule has 3 aliphatic heterocycles. The van der Waals surface area contributed by atoms with E-state index >= 15 is 0 Å². The highest BCUT2D eigenvalue weighted by molar-refractivity contribution is 7.89. The number of nitrogens with one attached hydrogen (secondary N) is 1. The van der Waals surface area contributed by atoms with E-state index < -0.39 is 10.0 Å². The molecule has 9 nitrogen and oxygen atoms in total. The second-order valence-corrected chi connectivity index (χ2v) is 12.4. The van der Waals surface area contributed by atoms with E-state index in [9.17, 15) is 8.42 Å². The van der Waals surface area contributed by atoms with Crippen LogP contribution in [0, 0.1) is 0 Å². The van der Waals surface area contributed by atoms with Crippen molar-refractivity contribution in [2.75, 3.05) is 56.6 Å². The Morgan fingerprint density at radius 2 is 1.62 bits per heavy atom. The maximum Gasteiger partial charge on any atom is 0.243 e. The molecular weight excluding hydrogens is 488 g/mol. The second-order valence-electron chi connectivity index (χ2n) is 10.4. The first-order chi connectivity index (χ1) is 18.0. The summed E-state index contributed by atoms with van der Waals surface area (Å²) in [6.45, 7) is 5.24. The van der Waals surface area contributed by atoms with Crippen LogP contribution in [0.1, 0.15) is 51.4 Å². The van der Waals surface area contributed by atoms with Crippen LogP contribution in [0.25, 0.3) is 0 Å². The van der Waals surface area contributed by atoms with Crippen molar-refractivity contribution >= 4 is 21.8 Å². The SMILES string of the molecule is COc1ccc(S(=O)(=O)N2CCC(N3CCCC(Nc4nccc(N5CCCCCC5)n4)C3)CC2)cc1. The predicted octanol–water partition coefficient (Wildman–Crippen LogP) is 3.60. The van der Waals surface area contributed by atoms with E-state index in [1.807, 2.05) is 12.3 Å². The molecule has 37 heavy (non-hydrogen) atoms. The second kappa shape index (κ2) is 12.0. The van der Waals surface area contributed by atoms with Gasteiger partial charge in [-0.15, -0.1) is 0 Å². The van der Waals surface area contributed by atoms with Crippen molar-refractivity contribution in [3.63, 3.8) is 0 Å². The predicted molar refractivity (Wildman–Crippen MR) is 146 cm³/mol. The molecule has 202 valence electrons. The van der Waals surface area contributed by atoms with Gasteiger partial charge in [-0.05, 0) is 75.4 Å². The quantitative estimate of drug-likeness (QED) is 0.583. The minimum atomic E-state index is -3.48. The van der Waals surface area contributed by atoms with Crippen LogP contribution in [-0.2, 0) is 10.0 Å². The molecule has 1 atom stereocenters. The highest BCUT2D eigenvalue weighted by Gasteiger charge is 2.33. The van der Waals surface area contributed by atoms with Gasteiger partial charge in [0.15, 0.2) is 0 Å². The number of benzene rings is 1. The van der Waals surface area contributed by atoms with Crippen LogP contribution in [0.2, 0.25) is 0 Å². The van der Waals surface area contributed by atoms with Gasteiger partial charge in [0.1, 0.15) is 11.6 Å². The Kier molecular flexibility index (Phi) is 8.46. The van der Waals surface area contributed by atoms with Gasteiger partial charge in [0.2, 0.25) is 16.0 Å². The van der Waals surface area contributed by atoms with Gasteiger partial charge in [-0.2, -0.15) is 9.29 Å². The monoisotopic (exact) mass is 528 g/mol. The van der Waals surface area contributed by atoms with Gasteiger partial charge in [-0.1, -0.05) is 12.8 Å². The van der Waals surface area contributed by atoms with Crippen molar-refractivity contribution in [2.24, 2.45) is 0 Å². The molecule has 0 spiro atoms. The van der Waals surface area contributed by atoms with E-state index in [-0.39, 0.29) is 0 Å². The van der Waals surface area contributed by atoms with E-state index in [0.717, 1.165) is 57.7 Å². The molecule has 0 radical (unpaired) electrons. The van der Waals surface area contributed by atoms with Crippen molar-refractivity contribution in [2.45, 2.75) is 68.3 Å². The molecule has 10 heteroatoms. The fraction of sp³-hybridized carbons (Fsp3) is 0.630. The number of likely N-dealkylation sites (tertiary alicyclic amines) is 1. The maximum atomic E-state index is 13.1. The lowest BCUT2D eigenvalue weighted by molar-refractivity contribution is 0.112. The topological polar surface area (TPSA) is 90.9 Å². The van der Waals surface area contributed by atoms with Gasteiger partial charge in [0.05, 0.1) is 12.0 Å². The normalized spacial score (nSPS) is 22.9. The molecule has 0 saturated carbocycles. The number of hydrogen-bond acceptors (Lipinski definition) is 8. The lowest BCUT2D eigenvalue weighted by Gasteiger charge is -2.42. The van der Waals surface area contributed by atoms with Crippen LogP contribution in [0.3, 0.4) is 0 Å². The number of ether oxygens (including phenoxy) is 1. The van der Waals surface area contributed by atoms with E-state index in [1.165, 1.54) is 25.7 Å². The molecule has 0 amide bonds. The molecule has 2 aromatic rings. The van der Waals surface area contributed by atoms with Gasteiger partial charge < -0.3 is 15.0 Å². The van der Waals surface area contributed by atoms with Gasteiger partial charge in [0.25, 0.3) is 0 Å². The Balaban J connectivity index is 1.15. The first-order valence-electron chi connectivity index (χ1n) is 13.8. The molecule has 1 aromatic carbocycles. The summed E-state index contributed by atoms with van der Waals surface area (Å²) in [6, 6.07) is 9.39. The lowest BCUT2D eigenvalue weighted by Crippen LogP contribution is -2.51. The van der Waals surface area contributed by atoms with Gasteiger partial charge in [0, 0.05) is 51.0 Å². The van der Waals surface area contributed by atoms with E-state index in [2.05, 4.69) is 20.1 Å². The van der Waals surface area contributed by atoms with Crippen molar-refractivity contribution < 1.29 is 13.2 Å². The number of aromatic nitrogens is 2. The summed E-state index contributed by atoms with van der Waals surface area (Å²) in [4.78, 5) is 14.6. The Morgan fingerprint density at radius 1 is 0.892 bits per heavy atom. The first-order valence-corrected chi connectivity index (χ1v) is 15.2. The maximum absolute atomic E-state index is 13.1. The number of piperidine rings is 2. The molecule has 1 N–H and O–H groups in total. The van der Waals surface area contributed by atoms with Gasteiger partial charge in [-0.3, -0.25) is 4.90 Å². The molecule has 4 heterocycles. The third-order valence-electron chi connectivity index (χ3n) is 7.99. The molecule has 3 aliphatic rings. The zero-order valence-corrected chi connectivity index (χ0v) is 22.7. The van der Waals surface area contributed by atoms with Gasteiger partial charge in [-0.25, -0.2) is 13.4 Å². The van der Waals surface area contributed by atoms with Crippen LogP contribution in [-0.4, -0.2) is 86.1 Å². The number of nitrogens with zero attached hydrogens (tertiary/aromatic N) is 5. The number of anilines is 2.